The van der Waals surface area contributed by atoms with Crippen LogP contribution in [0.4, 0.5) is 5.69 Å². The number of nitrogens with one attached hydrogen (secondary N) is 1. The van der Waals surface area contributed by atoms with E-state index in [0.29, 0.717) is 39.7 Å². The van der Waals surface area contributed by atoms with E-state index in [9.17, 15) is 9.59 Å². The summed E-state index contributed by atoms with van der Waals surface area (Å²) in [5.41, 5.74) is 2.52. The van der Waals surface area contributed by atoms with Gasteiger partial charge in [0.2, 0.25) is 0 Å². The molecule has 29 heavy (non-hydrogen) atoms. The normalized spacial score (nSPS) is 14.4. The van der Waals surface area contributed by atoms with E-state index >= 15 is 0 Å². The molecule has 1 N–H and O–H groups in total. The fraction of sp³-hybridized carbons (Fsp3) is 0.333. The van der Waals surface area contributed by atoms with Crippen LogP contribution in [-0.4, -0.2) is 35.2 Å². The standard InChI is InChI=1S/C21H21N3O5/c1-11-18-16(10-17(13-7-8-13)23-20(18)29-24-11)21(26)28-12(2)19(25)22-14-5-4-6-15(9-14)27-3/h4-6,9-10,12-13H,7-8H2,1-3H3,(H,22,25). The Morgan fingerprint density at radius 1 is 1.28 bits per heavy atom. The van der Waals surface area contributed by atoms with Crippen LogP contribution in [0.25, 0.3) is 11.1 Å². The van der Waals surface area contributed by atoms with Gasteiger partial charge >= 0.3 is 5.97 Å². The van der Waals surface area contributed by atoms with Crippen molar-refractivity contribution in [3.05, 3.63) is 47.3 Å². The summed E-state index contributed by atoms with van der Waals surface area (Å²) in [6.45, 7) is 3.26. The number of amides is 1. The SMILES string of the molecule is COc1cccc(NC(=O)C(C)OC(=O)c2cc(C3CC3)nc3onc(C)c23)c1. The number of anilines is 1. The van der Waals surface area contributed by atoms with Crippen LogP contribution in [-0.2, 0) is 9.53 Å². The summed E-state index contributed by atoms with van der Waals surface area (Å²) in [5.74, 6) is -0.118. The number of ether oxygens (including phenoxy) is 2. The van der Waals surface area contributed by atoms with E-state index in [2.05, 4.69) is 15.5 Å². The Balaban J connectivity index is 1.52. The number of hydrogen-bond acceptors (Lipinski definition) is 7. The second-order valence-electron chi connectivity index (χ2n) is 7.09. The third kappa shape index (κ3) is 3.91. The monoisotopic (exact) mass is 395 g/mol. The van der Waals surface area contributed by atoms with Crippen LogP contribution >= 0.6 is 0 Å². The highest BCUT2D eigenvalue weighted by Gasteiger charge is 2.30. The van der Waals surface area contributed by atoms with Crippen molar-refractivity contribution >= 4 is 28.7 Å². The molecule has 1 saturated carbocycles. The highest BCUT2D eigenvalue weighted by Crippen LogP contribution is 2.40. The van der Waals surface area contributed by atoms with E-state index in [1.54, 1.807) is 44.4 Å². The molecule has 8 nitrogen and oxygen atoms in total. The predicted octanol–water partition coefficient (Wildman–Crippen LogP) is 3.60. The number of nitrogens with zero attached hydrogens (tertiary/aromatic N) is 2. The lowest BCUT2D eigenvalue weighted by molar-refractivity contribution is -0.123. The van der Waals surface area contributed by atoms with Crippen molar-refractivity contribution in [2.24, 2.45) is 0 Å². The Hall–Kier alpha value is -3.42. The molecule has 3 aromatic rings. The molecule has 8 heteroatoms. The topological polar surface area (TPSA) is 104 Å². The quantitative estimate of drug-likeness (QED) is 0.636. The number of aromatic nitrogens is 2. The molecule has 2 heterocycles. The van der Waals surface area contributed by atoms with Crippen molar-refractivity contribution in [1.29, 1.82) is 0 Å². The van der Waals surface area contributed by atoms with Crippen LogP contribution in [0.1, 0.15) is 47.4 Å². The zero-order valence-corrected chi connectivity index (χ0v) is 16.4. The first kappa shape index (κ1) is 18.9. The van der Waals surface area contributed by atoms with Gasteiger partial charge in [-0.05, 0) is 44.9 Å². The van der Waals surface area contributed by atoms with Crippen molar-refractivity contribution in [3.8, 4) is 5.75 Å². The molecule has 1 fully saturated rings. The fourth-order valence-electron chi connectivity index (χ4n) is 3.09. The van der Waals surface area contributed by atoms with Gasteiger partial charge < -0.3 is 19.3 Å². The number of benzene rings is 1. The van der Waals surface area contributed by atoms with E-state index in [4.69, 9.17) is 14.0 Å². The molecule has 2 aromatic heterocycles. The van der Waals surface area contributed by atoms with Gasteiger partial charge in [0.15, 0.2) is 6.10 Å². The first-order valence-corrected chi connectivity index (χ1v) is 9.39. The Labute approximate surface area is 167 Å². The molecule has 0 spiro atoms. The molecule has 4 rings (SSSR count). The second-order valence-corrected chi connectivity index (χ2v) is 7.09. The van der Waals surface area contributed by atoms with Gasteiger partial charge in [-0.1, -0.05) is 11.2 Å². The Kier molecular flexibility index (Phi) is 4.92. The van der Waals surface area contributed by atoms with E-state index in [1.807, 2.05) is 0 Å². The Morgan fingerprint density at radius 2 is 2.07 bits per heavy atom. The number of hydrogen-bond donors (Lipinski definition) is 1. The van der Waals surface area contributed by atoms with Gasteiger partial charge in [-0.2, -0.15) is 0 Å². The Morgan fingerprint density at radius 3 is 2.79 bits per heavy atom. The minimum atomic E-state index is -0.999. The summed E-state index contributed by atoms with van der Waals surface area (Å²) in [6, 6.07) is 8.66. The highest BCUT2D eigenvalue weighted by molar-refractivity contribution is 6.04. The van der Waals surface area contributed by atoms with Crippen molar-refractivity contribution in [2.75, 3.05) is 12.4 Å². The molecule has 1 aromatic carbocycles. The van der Waals surface area contributed by atoms with E-state index < -0.39 is 18.0 Å². The maximum atomic E-state index is 12.9. The molecule has 150 valence electrons. The van der Waals surface area contributed by atoms with Crippen LogP contribution in [0.5, 0.6) is 5.75 Å². The van der Waals surface area contributed by atoms with Crippen molar-refractivity contribution in [2.45, 2.75) is 38.7 Å². The van der Waals surface area contributed by atoms with Crippen molar-refractivity contribution in [3.63, 3.8) is 0 Å². The van der Waals surface area contributed by atoms with Gasteiger partial charge in [0.25, 0.3) is 11.6 Å². The lowest BCUT2D eigenvalue weighted by Crippen LogP contribution is -2.30. The van der Waals surface area contributed by atoms with Gasteiger partial charge in [0.1, 0.15) is 5.75 Å². The van der Waals surface area contributed by atoms with Crippen molar-refractivity contribution in [1.82, 2.24) is 10.1 Å². The van der Waals surface area contributed by atoms with Crippen molar-refractivity contribution < 1.29 is 23.6 Å². The van der Waals surface area contributed by atoms with E-state index in [1.165, 1.54) is 6.92 Å². The summed E-state index contributed by atoms with van der Waals surface area (Å²) < 4.78 is 15.8. The van der Waals surface area contributed by atoms with Crippen LogP contribution in [0.2, 0.25) is 0 Å². The van der Waals surface area contributed by atoms with E-state index in [0.717, 1.165) is 18.5 Å². The number of aryl methyl sites for hydroxylation is 1. The zero-order valence-electron chi connectivity index (χ0n) is 16.4. The third-order valence-electron chi connectivity index (χ3n) is 4.84. The molecule has 1 amide bonds. The molecule has 1 unspecified atom stereocenters. The summed E-state index contributed by atoms with van der Waals surface area (Å²) >= 11 is 0. The first-order valence-electron chi connectivity index (χ1n) is 9.39. The van der Waals surface area contributed by atoms with Crippen LogP contribution < -0.4 is 10.1 Å². The number of carbonyl (C=O) groups excluding carboxylic acids is 2. The molecular formula is C21H21N3O5. The fourth-order valence-corrected chi connectivity index (χ4v) is 3.09. The predicted molar refractivity (Wildman–Crippen MR) is 105 cm³/mol. The van der Waals surface area contributed by atoms with Gasteiger partial charge in [0.05, 0.1) is 23.8 Å². The summed E-state index contributed by atoms with van der Waals surface area (Å²) in [5, 5.41) is 7.14. The summed E-state index contributed by atoms with van der Waals surface area (Å²) in [6.07, 6.45) is 1.06. The van der Waals surface area contributed by atoms with Gasteiger partial charge in [-0.3, -0.25) is 4.79 Å². The number of carbonyl (C=O) groups is 2. The number of rotatable bonds is 6. The number of esters is 1. The maximum absolute atomic E-state index is 12.9. The van der Waals surface area contributed by atoms with Gasteiger partial charge in [-0.15, -0.1) is 0 Å². The van der Waals surface area contributed by atoms with Gasteiger partial charge in [0, 0.05) is 23.4 Å². The van der Waals surface area contributed by atoms with Gasteiger partial charge in [-0.25, -0.2) is 9.78 Å². The van der Waals surface area contributed by atoms with Crippen LogP contribution in [0.3, 0.4) is 0 Å². The second kappa shape index (κ2) is 7.54. The largest absolute Gasteiger partial charge is 0.497 e. The van der Waals surface area contributed by atoms with E-state index in [-0.39, 0.29) is 0 Å². The Bertz CT molecular complexity index is 1090. The molecule has 0 saturated heterocycles. The zero-order chi connectivity index (χ0) is 20.5. The first-order chi connectivity index (χ1) is 14.0. The lowest BCUT2D eigenvalue weighted by Gasteiger charge is -2.14. The number of methoxy groups -OCH3 is 1. The molecule has 1 atom stereocenters. The average molecular weight is 395 g/mol. The highest BCUT2D eigenvalue weighted by atomic mass is 16.5. The molecule has 1 aliphatic rings. The smallest absolute Gasteiger partial charge is 0.339 e. The number of fused-ring (bicyclic) bond motifs is 1. The lowest BCUT2D eigenvalue weighted by atomic mass is 10.1. The summed E-state index contributed by atoms with van der Waals surface area (Å²) in [4.78, 5) is 29.8. The molecule has 1 aliphatic carbocycles. The number of pyridine rings is 1. The summed E-state index contributed by atoms with van der Waals surface area (Å²) in [7, 11) is 1.55. The van der Waals surface area contributed by atoms with Crippen LogP contribution in [0, 0.1) is 6.92 Å². The minimum absolute atomic E-state index is 0.312. The molecular weight excluding hydrogens is 374 g/mol. The molecule has 0 radical (unpaired) electrons. The molecule has 0 aliphatic heterocycles. The van der Waals surface area contributed by atoms with Crippen LogP contribution in [0.15, 0.2) is 34.9 Å². The molecule has 0 bridgehead atoms. The third-order valence-corrected chi connectivity index (χ3v) is 4.84. The maximum Gasteiger partial charge on any atom is 0.339 e. The minimum Gasteiger partial charge on any atom is -0.497 e. The average Bonchev–Trinajstić information content (AvgIpc) is 3.50.